The Morgan fingerprint density at radius 2 is 1.70 bits per heavy atom. The van der Waals surface area contributed by atoms with Gasteiger partial charge in [0.15, 0.2) is 5.65 Å². The second kappa shape index (κ2) is 9.05. The van der Waals surface area contributed by atoms with Crippen molar-refractivity contribution < 1.29 is 13.9 Å². The summed E-state index contributed by atoms with van der Waals surface area (Å²) in [6.07, 6.45) is 0. The van der Waals surface area contributed by atoms with Gasteiger partial charge in [-0.2, -0.15) is 10.1 Å². The normalized spacial score (nSPS) is 13.9. The second-order valence-corrected chi connectivity index (χ2v) is 8.85. The van der Waals surface area contributed by atoms with Gasteiger partial charge in [-0.25, -0.2) is 14.1 Å². The predicted octanol–water partition coefficient (Wildman–Crippen LogP) is 3.35. The van der Waals surface area contributed by atoms with Crippen LogP contribution in [-0.2, 0) is 0 Å². The molecule has 186 valence electrons. The fourth-order valence-electron chi connectivity index (χ4n) is 4.71. The van der Waals surface area contributed by atoms with Crippen molar-refractivity contribution in [2.45, 2.75) is 0 Å². The Morgan fingerprint density at radius 1 is 0.973 bits per heavy atom. The van der Waals surface area contributed by atoms with Crippen LogP contribution in [0.25, 0.3) is 27.8 Å². The fraction of sp³-hybridized carbons (Fsp3) is 0.185. The van der Waals surface area contributed by atoms with Crippen LogP contribution in [0.4, 0.5) is 10.1 Å². The van der Waals surface area contributed by atoms with Gasteiger partial charge in [0.25, 0.3) is 11.5 Å². The zero-order valence-corrected chi connectivity index (χ0v) is 20.0. The van der Waals surface area contributed by atoms with Gasteiger partial charge in [-0.1, -0.05) is 0 Å². The molecule has 3 aromatic carbocycles. The number of H-pyrrole nitrogens is 1. The van der Waals surface area contributed by atoms with Crippen LogP contribution in [0.15, 0.2) is 71.5 Å². The molecule has 9 nitrogen and oxygen atoms in total. The van der Waals surface area contributed by atoms with Crippen molar-refractivity contribution in [3.05, 3.63) is 88.5 Å². The van der Waals surface area contributed by atoms with E-state index in [-0.39, 0.29) is 11.7 Å². The monoisotopic (exact) mass is 498 g/mol. The Labute approximate surface area is 210 Å². The van der Waals surface area contributed by atoms with Crippen LogP contribution in [0.2, 0.25) is 0 Å². The number of rotatable bonds is 4. The summed E-state index contributed by atoms with van der Waals surface area (Å²) in [6, 6.07) is 18.7. The lowest BCUT2D eigenvalue weighted by atomic mass is 10.1. The molecule has 0 radical (unpaired) electrons. The predicted molar refractivity (Wildman–Crippen MR) is 138 cm³/mol. The smallest absolute Gasteiger partial charge is 0.281 e. The molecule has 1 fully saturated rings. The molecule has 1 amide bonds. The number of ether oxygens (including phenoxy) is 1. The number of benzene rings is 3. The van der Waals surface area contributed by atoms with Gasteiger partial charge in [0, 0.05) is 43.0 Å². The molecule has 0 aliphatic carbocycles. The minimum atomic E-state index is -0.424. The van der Waals surface area contributed by atoms with E-state index in [2.05, 4.69) is 20.2 Å². The quantitative estimate of drug-likeness (QED) is 0.408. The molecule has 10 heteroatoms. The number of aromatic amines is 1. The Hall–Kier alpha value is -4.73. The third kappa shape index (κ3) is 4.06. The molecule has 37 heavy (non-hydrogen) atoms. The first-order valence-corrected chi connectivity index (χ1v) is 11.9. The van der Waals surface area contributed by atoms with Crippen molar-refractivity contribution in [1.29, 1.82) is 0 Å². The topological polar surface area (TPSA) is 95.8 Å². The van der Waals surface area contributed by atoms with Gasteiger partial charge in [-0.05, 0) is 66.7 Å². The average molecular weight is 499 g/mol. The Bertz CT molecular complexity index is 1670. The van der Waals surface area contributed by atoms with Crippen LogP contribution in [0.3, 0.4) is 0 Å². The van der Waals surface area contributed by atoms with Crippen molar-refractivity contribution in [2.75, 3.05) is 38.2 Å². The third-order valence-corrected chi connectivity index (χ3v) is 6.73. The van der Waals surface area contributed by atoms with Gasteiger partial charge >= 0.3 is 0 Å². The molecule has 0 bridgehead atoms. The first-order chi connectivity index (χ1) is 18.0. The minimum Gasteiger partial charge on any atom is -0.497 e. The summed E-state index contributed by atoms with van der Waals surface area (Å²) in [5.74, 6) is 0.332. The summed E-state index contributed by atoms with van der Waals surface area (Å²) in [6.45, 7) is 2.57. The lowest BCUT2D eigenvalue weighted by molar-refractivity contribution is 0.0747. The largest absolute Gasteiger partial charge is 0.497 e. The molecular weight excluding hydrogens is 475 g/mol. The van der Waals surface area contributed by atoms with Crippen LogP contribution < -0.4 is 15.2 Å². The molecule has 3 heterocycles. The Morgan fingerprint density at radius 3 is 2.41 bits per heavy atom. The standard InChI is InChI=1S/C27H23FN6O3/c1-37-21-9-7-20(8-10-21)32-12-14-33(15-13-32)27(36)18-4-11-22-23(16-18)34-25(29-26(22)35)24(30-31-34)17-2-5-19(28)6-3-17/h2-11,16,31H,12-15H2,1H3. The molecule has 5 aromatic rings. The lowest BCUT2D eigenvalue weighted by Gasteiger charge is -2.36. The van der Waals surface area contributed by atoms with E-state index in [1.807, 2.05) is 29.2 Å². The SMILES string of the molecule is COc1ccc(N2CCN(C(=O)c3ccc4c(=O)nc5c(-c6ccc(F)cc6)n[nH]n5c4c3)CC2)cc1. The molecule has 2 aromatic heterocycles. The summed E-state index contributed by atoms with van der Waals surface area (Å²) in [5, 5.41) is 7.55. The minimum absolute atomic E-state index is 0.104. The second-order valence-electron chi connectivity index (χ2n) is 8.85. The number of hydrogen-bond donors (Lipinski definition) is 1. The van der Waals surface area contributed by atoms with Crippen molar-refractivity contribution >= 4 is 28.1 Å². The molecular formula is C27H23FN6O3. The molecule has 0 atom stereocenters. The molecule has 1 N–H and O–H groups in total. The first-order valence-electron chi connectivity index (χ1n) is 11.9. The van der Waals surface area contributed by atoms with E-state index in [0.29, 0.717) is 59.5 Å². The molecule has 6 rings (SSSR count). The van der Waals surface area contributed by atoms with E-state index in [4.69, 9.17) is 4.74 Å². The number of hydrogen-bond acceptors (Lipinski definition) is 6. The maximum Gasteiger partial charge on any atom is 0.281 e. The summed E-state index contributed by atoms with van der Waals surface area (Å²) in [5.41, 5.74) is 2.98. The van der Waals surface area contributed by atoms with Crippen LogP contribution in [0.5, 0.6) is 5.75 Å². The van der Waals surface area contributed by atoms with E-state index in [0.717, 1.165) is 11.4 Å². The first kappa shape index (κ1) is 22.7. The number of piperazine rings is 1. The Balaban J connectivity index is 1.28. The third-order valence-electron chi connectivity index (χ3n) is 6.73. The van der Waals surface area contributed by atoms with Crippen LogP contribution in [0.1, 0.15) is 10.4 Å². The highest BCUT2D eigenvalue weighted by Gasteiger charge is 2.23. The van der Waals surface area contributed by atoms with Crippen molar-refractivity contribution in [3.63, 3.8) is 0 Å². The number of carbonyl (C=O) groups excluding carboxylic acids is 1. The lowest BCUT2D eigenvalue weighted by Crippen LogP contribution is -2.48. The van der Waals surface area contributed by atoms with E-state index in [9.17, 15) is 14.0 Å². The molecule has 1 aliphatic rings. The number of anilines is 1. The zero-order chi connectivity index (χ0) is 25.5. The maximum absolute atomic E-state index is 13.4. The number of methoxy groups -OCH3 is 1. The van der Waals surface area contributed by atoms with Gasteiger partial charge in [0.1, 0.15) is 17.3 Å². The average Bonchev–Trinajstić information content (AvgIpc) is 3.37. The van der Waals surface area contributed by atoms with Gasteiger partial charge in [0.2, 0.25) is 0 Å². The van der Waals surface area contributed by atoms with E-state index in [1.54, 1.807) is 42.0 Å². The summed E-state index contributed by atoms with van der Waals surface area (Å²) < 4.78 is 20.2. The molecule has 0 spiro atoms. The number of nitrogens with one attached hydrogen (secondary N) is 1. The van der Waals surface area contributed by atoms with E-state index in [1.165, 1.54) is 12.1 Å². The Kier molecular flexibility index (Phi) is 5.56. The highest BCUT2D eigenvalue weighted by Crippen LogP contribution is 2.24. The summed E-state index contributed by atoms with van der Waals surface area (Å²) in [4.78, 5) is 34.4. The molecule has 1 saturated heterocycles. The van der Waals surface area contributed by atoms with E-state index < -0.39 is 5.56 Å². The van der Waals surface area contributed by atoms with Crippen molar-refractivity contribution in [3.8, 4) is 17.0 Å². The van der Waals surface area contributed by atoms with Crippen LogP contribution in [-0.4, -0.2) is 63.9 Å². The highest BCUT2D eigenvalue weighted by atomic mass is 19.1. The molecule has 0 unspecified atom stereocenters. The summed E-state index contributed by atoms with van der Waals surface area (Å²) in [7, 11) is 1.64. The van der Waals surface area contributed by atoms with Gasteiger partial charge in [0.05, 0.1) is 18.0 Å². The van der Waals surface area contributed by atoms with Crippen LogP contribution in [0, 0.1) is 5.82 Å². The number of carbonyl (C=O) groups is 1. The molecule has 0 saturated carbocycles. The number of amides is 1. The number of halogens is 1. The number of fused-ring (bicyclic) bond motifs is 3. The number of nitrogens with zero attached hydrogens (tertiary/aromatic N) is 5. The van der Waals surface area contributed by atoms with E-state index >= 15 is 0 Å². The highest BCUT2D eigenvalue weighted by molar-refractivity contribution is 5.98. The number of aromatic nitrogens is 4. The van der Waals surface area contributed by atoms with Crippen molar-refractivity contribution in [2.24, 2.45) is 0 Å². The molecule has 1 aliphatic heterocycles. The van der Waals surface area contributed by atoms with Gasteiger partial charge in [-0.15, -0.1) is 0 Å². The summed E-state index contributed by atoms with van der Waals surface area (Å²) >= 11 is 0. The van der Waals surface area contributed by atoms with Gasteiger partial charge in [-0.3, -0.25) is 9.59 Å². The van der Waals surface area contributed by atoms with Gasteiger partial charge < -0.3 is 14.5 Å². The van der Waals surface area contributed by atoms with Crippen molar-refractivity contribution in [1.82, 2.24) is 24.7 Å². The fourth-order valence-corrected chi connectivity index (χ4v) is 4.71. The van der Waals surface area contributed by atoms with Crippen LogP contribution >= 0.6 is 0 Å². The maximum atomic E-state index is 13.4. The zero-order valence-electron chi connectivity index (χ0n) is 20.0.